The number of ether oxygens (including phenoxy) is 1. The average molecular weight is 305 g/mol. The Morgan fingerprint density at radius 1 is 1.25 bits per heavy atom. The van der Waals surface area contributed by atoms with Gasteiger partial charge in [-0.15, -0.1) is 0 Å². The Balaban J connectivity index is 3.26. The summed E-state index contributed by atoms with van der Waals surface area (Å²) in [6, 6.07) is 2.38. The number of rotatable bonds is 7. The van der Waals surface area contributed by atoms with Gasteiger partial charge in [0.05, 0.1) is 18.1 Å². The van der Waals surface area contributed by atoms with E-state index in [4.69, 9.17) is 9.84 Å². The summed E-state index contributed by atoms with van der Waals surface area (Å²) in [5.74, 6) is -0.468. The zero-order chi connectivity index (χ0) is 15.3. The number of methoxy groups -OCH3 is 1. The molecule has 1 rings (SSSR count). The maximum Gasteiger partial charge on any atom is 0.243 e. The van der Waals surface area contributed by atoms with Gasteiger partial charge in [-0.3, -0.25) is 0 Å². The molecule has 0 radical (unpaired) electrons. The van der Waals surface area contributed by atoms with E-state index in [1.807, 2.05) is 0 Å². The van der Waals surface area contributed by atoms with Crippen LogP contribution in [0.25, 0.3) is 0 Å². The number of nitrogens with zero attached hydrogens (tertiary/aromatic N) is 1. The molecule has 0 aromatic heterocycles. The van der Waals surface area contributed by atoms with Gasteiger partial charge in [0.1, 0.15) is 5.82 Å². The Hall–Kier alpha value is -1.02. The number of sulfonamides is 1. The monoisotopic (exact) mass is 305 g/mol. The molecule has 5 nitrogen and oxygen atoms in total. The zero-order valence-electron chi connectivity index (χ0n) is 11.9. The van der Waals surface area contributed by atoms with Crippen LogP contribution in [0.2, 0.25) is 0 Å². The van der Waals surface area contributed by atoms with Crippen LogP contribution in [0.5, 0.6) is 0 Å². The fraction of sp³-hybridized carbons (Fsp3) is 0.538. The highest BCUT2D eigenvalue weighted by atomic mass is 32.2. The normalized spacial score (nSPS) is 12.1. The van der Waals surface area contributed by atoms with Crippen molar-refractivity contribution in [1.29, 1.82) is 0 Å². The molecule has 0 atom stereocenters. The summed E-state index contributed by atoms with van der Waals surface area (Å²) in [5, 5.41) is 9.02. The number of hydrogen-bond donors (Lipinski definition) is 1. The molecule has 20 heavy (non-hydrogen) atoms. The second-order valence-electron chi connectivity index (χ2n) is 4.49. The zero-order valence-corrected chi connectivity index (χ0v) is 12.7. The van der Waals surface area contributed by atoms with E-state index >= 15 is 0 Å². The van der Waals surface area contributed by atoms with Crippen LogP contribution in [0.4, 0.5) is 4.39 Å². The van der Waals surface area contributed by atoms with Gasteiger partial charge in [-0.1, -0.05) is 0 Å². The summed E-state index contributed by atoms with van der Waals surface area (Å²) >= 11 is 0. The number of halogens is 1. The largest absolute Gasteiger partial charge is 0.395 e. The molecule has 0 fully saturated rings. The molecule has 0 aliphatic carbocycles. The van der Waals surface area contributed by atoms with E-state index in [2.05, 4.69) is 0 Å². The van der Waals surface area contributed by atoms with E-state index in [0.29, 0.717) is 11.1 Å². The van der Waals surface area contributed by atoms with Gasteiger partial charge in [-0.05, 0) is 37.1 Å². The third-order valence-corrected chi connectivity index (χ3v) is 5.12. The third kappa shape index (κ3) is 3.76. The summed E-state index contributed by atoms with van der Waals surface area (Å²) in [4.78, 5) is 0.0865. The molecule has 0 saturated carbocycles. The molecule has 1 N–H and O–H groups in total. The average Bonchev–Trinajstić information content (AvgIpc) is 2.32. The summed E-state index contributed by atoms with van der Waals surface area (Å²) < 4.78 is 44.5. The first kappa shape index (κ1) is 17.0. The number of hydrogen-bond acceptors (Lipinski definition) is 4. The SMILES string of the molecule is COCCN(CCO)S(=O)(=O)c1c(C)cc(F)cc1C. The van der Waals surface area contributed by atoms with Crippen molar-refractivity contribution in [2.45, 2.75) is 18.7 Å². The Kier molecular flexibility index (Phi) is 6.07. The van der Waals surface area contributed by atoms with Gasteiger partial charge < -0.3 is 9.84 Å². The lowest BCUT2D eigenvalue weighted by molar-refractivity contribution is 0.168. The molecule has 0 heterocycles. The van der Waals surface area contributed by atoms with E-state index in [1.54, 1.807) is 13.8 Å². The molecule has 0 unspecified atom stereocenters. The van der Waals surface area contributed by atoms with Crippen LogP contribution < -0.4 is 0 Å². The lowest BCUT2D eigenvalue weighted by atomic mass is 10.1. The molecular weight excluding hydrogens is 285 g/mol. The highest BCUT2D eigenvalue weighted by molar-refractivity contribution is 7.89. The van der Waals surface area contributed by atoms with Gasteiger partial charge in [-0.2, -0.15) is 4.31 Å². The molecule has 0 aliphatic heterocycles. The Bertz CT molecular complexity index is 536. The molecule has 1 aromatic rings. The maximum atomic E-state index is 13.3. The van der Waals surface area contributed by atoms with Gasteiger partial charge in [0.25, 0.3) is 0 Å². The Labute approximate surface area is 119 Å². The first-order chi connectivity index (χ1) is 9.34. The van der Waals surface area contributed by atoms with Gasteiger partial charge in [0, 0.05) is 20.2 Å². The van der Waals surface area contributed by atoms with E-state index in [9.17, 15) is 12.8 Å². The topological polar surface area (TPSA) is 66.8 Å². The Morgan fingerprint density at radius 2 is 1.80 bits per heavy atom. The van der Waals surface area contributed by atoms with Crippen molar-refractivity contribution in [3.63, 3.8) is 0 Å². The molecule has 0 amide bonds. The van der Waals surface area contributed by atoms with Crippen molar-refractivity contribution < 1.29 is 22.7 Å². The molecule has 114 valence electrons. The van der Waals surface area contributed by atoms with E-state index in [-0.39, 0.29) is 31.2 Å². The molecular formula is C13H20FNO4S. The van der Waals surface area contributed by atoms with E-state index in [1.165, 1.54) is 19.2 Å². The van der Waals surface area contributed by atoms with Crippen molar-refractivity contribution in [2.75, 3.05) is 33.4 Å². The fourth-order valence-electron chi connectivity index (χ4n) is 2.09. The maximum absolute atomic E-state index is 13.3. The minimum Gasteiger partial charge on any atom is -0.395 e. The molecule has 0 saturated heterocycles. The van der Waals surface area contributed by atoms with Crippen molar-refractivity contribution in [2.24, 2.45) is 0 Å². The molecule has 0 bridgehead atoms. The fourth-order valence-corrected chi connectivity index (χ4v) is 3.92. The highest BCUT2D eigenvalue weighted by Crippen LogP contribution is 2.24. The van der Waals surface area contributed by atoms with Crippen molar-refractivity contribution in [3.8, 4) is 0 Å². The summed E-state index contributed by atoms with van der Waals surface area (Å²) in [6.45, 7) is 3.14. The molecule has 0 spiro atoms. The van der Waals surface area contributed by atoms with Crippen LogP contribution in [0.15, 0.2) is 17.0 Å². The molecule has 7 heteroatoms. The van der Waals surface area contributed by atoms with Gasteiger partial charge >= 0.3 is 0 Å². The van der Waals surface area contributed by atoms with E-state index < -0.39 is 15.8 Å². The van der Waals surface area contributed by atoms with Gasteiger partial charge in [-0.25, -0.2) is 12.8 Å². The van der Waals surface area contributed by atoms with Crippen molar-refractivity contribution in [1.82, 2.24) is 4.31 Å². The quantitative estimate of drug-likeness (QED) is 0.818. The van der Waals surface area contributed by atoms with Crippen LogP contribution in [0.3, 0.4) is 0 Å². The predicted molar refractivity (Wildman–Crippen MR) is 73.6 cm³/mol. The minimum atomic E-state index is -3.79. The highest BCUT2D eigenvalue weighted by Gasteiger charge is 2.27. The number of aliphatic hydroxyl groups excluding tert-OH is 1. The molecule has 0 aliphatic rings. The first-order valence-electron chi connectivity index (χ1n) is 6.21. The second-order valence-corrected chi connectivity index (χ2v) is 6.36. The van der Waals surface area contributed by atoms with E-state index in [0.717, 1.165) is 4.31 Å². The van der Waals surface area contributed by atoms with Crippen molar-refractivity contribution in [3.05, 3.63) is 29.1 Å². The lowest BCUT2D eigenvalue weighted by Crippen LogP contribution is -2.36. The minimum absolute atomic E-state index is 0.0258. The van der Waals surface area contributed by atoms with Gasteiger partial charge in [0.15, 0.2) is 0 Å². The number of aliphatic hydroxyl groups is 1. The van der Waals surface area contributed by atoms with Crippen LogP contribution in [-0.4, -0.2) is 51.2 Å². The summed E-state index contributed by atoms with van der Waals surface area (Å²) in [6.07, 6.45) is 0. The first-order valence-corrected chi connectivity index (χ1v) is 7.65. The molecule has 1 aromatic carbocycles. The summed E-state index contributed by atoms with van der Waals surface area (Å²) in [5.41, 5.74) is 0.700. The van der Waals surface area contributed by atoms with Crippen LogP contribution in [0.1, 0.15) is 11.1 Å². The van der Waals surface area contributed by atoms with Crippen LogP contribution in [-0.2, 0) is 14.8 Å². The van der Waals surface area contributed by atoms with Gasteiger partial charge in [0.2, 0.25) is 10.0 Å². The standard InChI is InChI=1S/C13H20FNO4S/c1-10-8-12(14)9-11(2)13(10)20(17,18)15(4-6-16)5-7-19-3/h8-9,16H,4-7H2,1-3H3. The van der Waals surface area contributed by atoms with Crippen LogP contribution >= 0.6 is 0 Å². The number of aryl methyl sites for hydroxylation is 2. The lowest BCUT2D eigenvalue weighted by Gasteiger charge is -2.23. The second kappa shape index (κ2) is 7.12. The number of benzene rings is 1. The van der Waals surface area contributed by atoms with Crippen molar-refractivity contribution >= 4 is 10.0 Å². The predicted octanol–water partition coefficient (Wildman–Crippen LogP) is 1.07. The Morgan fingerprint density at radius 3 is 2.25 bits per heavy atom. The third-order valence-electron chi connectivity index (χ3n) is 2.92. The smallest absolute Gasteiger partial charge is 0.243 e. The summed E-state index contributed by atoms with van der Waals surface area (Å²) in [7, 11) is -2.32. The van der Waals surface area contributed by atoms with Crippen LogP contribution in [0, 0.1) is 19.7 Å².